The monoisotopic (exact) mass is 141 g/mol. The third-order valence-electron chi connectivity index (χ3n) is 0.466. The lowest BCUT2D eigenvalue weighted by Gasteiger charge is -1.69. The van der Waals surface area contributed by atoms with Crippen molar-refractivity contribution in [3.63, 3.8) is 0 Å². The van der Waals surface area contributed by atoms with Crippen LogP contribution in [0.4, 0.5) is 0 Å². The molecule has 0 fully saturated rings. The zero-order valence-electron chi connectivity index (χ0n) is 5.05. The Kier molecular flexibility index (Phi) is 4.83. The molecular weight excluding hydrogens is 135 g/mol. The van der Waals surface area contributed by atoms with Gasteiger partial charge in [0.15, 0.2) is 0 Å². The fraction of sp³-hybridized carbons (Fsp3) is 0.333. The molecule has 0 N–H and O–H groups in total. The van der Waals surface area contributed by atoms with Crippen molar-refractivity contribution in [1.82, 2.24) is 0 Å². The summed E-state index contributed by atoms with van der Waals surface area (Å²) >= 11 is 0. The van der Waals surface area contributed by atoms with Crippen molar-refractivity contribution >= 4 is 8.03 Å². The summed E-state index contributed by atoms with van der Waals surface area (Å²) in [6.45, 7) is 2.14. The quantitative estimate of drug-likeness (QED) is 0.428. The summed E-state index contributed by atoms with van der Waals surface area (Å²) in [5, 5.41) is 0. The highest BCUT2D eigenvalue weighted by Gasteiger charge is 2.09. The largest absolute Gasteiger partial charge is 0.605 e. The van der Waals surface area contributed by atoms with Gasteiger partial charge >= 0.3 is 8.03 Å². The molecule has 0 heterocycles. The number of terminal acetylenes is 1. The Labute approximate surface area is 55.5 Å². The van der Waals surface area contributed by atoms with Crippen molar-refractivity contribution in [3.8, 4) is 23.9 Å². The van der Waals surface area contributed by atoms with Crippen LogP contribution < -0.4 is 0 Å². The molecular formula is C6H6O2P+. The van der Waals surface area contributed by atoms with Gasteiger partial charge in [-0.05, 0) is 17.4 Å². The topological polar surface area (TPSA) is 26.3 Å². The van der Waals surface area contributed by atoms with Crippen molar-refractivity contribution in [2.75, 3.05) is 6.61 Å². The summed E-state index contributed by atoms with van der Waals surface area (Å²) in [5.41, 5.74) is 2.23. The first-order valence-electron chi connectivity index (χ1n) is 2.37. The van der Waals surface area contributed by atoms with E-state index in [1.807, 2.05) is 5.92 Å². The van der Waals surface area contributed by atoms with Crippen LogP contribution in [0.2, 0.25) is 0 Å². The summed E-state index contributed by atoms with van der Waals surface area (Å²) in [4.78, 5) is 0. The fourth-order valence-electron chi connectivity index (χ4n) is 0.227. The maximum Gasteiger partial charge on any atom is 0.605 e. The van der Waals surface area contributed by atoms with E-state index in [1.54, 1.807) is 6.92 Å². The van der Waals surface area contributed by atoms with Gasteiger partial charge in [-0.15, -0.1) is 10.9 Å². The van der Waals surface area contributed by atoms with E-state index >= 15 is 0 Å². The summed E-state index contributed by atoms with van der Waals surface area (Å²) in [6.07, 6.45) is 4.77. The standard InChI is InChI=1S/C6H6O2P/c1-3-5-6-9(7)8-4-2/h1H,4H2,2H3/q+1. The van der Waals surface area contributed by atoms with Crippen LogP contribution in [-0.4, -0.2) is 6.61 Å². The molecule has 1 atom stereocenters. The Morgan fingerprint density at radius 1 is 1.78 bits per heavy atom. The zero-order valence-corrected chi connectivity index (χ0v) is 5.94. The van der Waals surface area contributed by atoms with Gasteiger partial charge in [0.05, 0.1) is 0 Å². The van der Waals surface area contributed by atoms with Crippen LogP contribution in [0.15, 0.2) is 0 Å². The molecule has 0 aliphatic heterocycles. The van der Waals surface area contributed by atoms with Crippen LogP contribution >= 0.6 is 8.03 Å². The first-order valence-corrected chi connectivity index (χ1v) is 3.55. The van der Waals surface area contributed by atoms with E-state index < -0.39 is 8.03 Å². The van der Waals surface area contributed by atoms with E-state index in [1.165, 1.54) is 0 Å². The van der Waals surface area contributed by atoms with Gasteiger partial charge in [0, 0.05) is 5.92 Å². The van der Waals surface area contributed by atoms with E-state index in [0.717, 1.165) is 0 Å². The van der Waals surface area contributed by atoms with Crippen LogP contribution in [-0.2, 0) is 9.09 Å². The maximum atomic E-state index is 10.5. The molecule has 2 nitrogen and oxygen atoms in total. The van der Waals surface area contributed by atoms with Crippen molar-refractivity contribution < 1.29 is 9.09 Å². The smallest absolute Gasteiger partial charge is 0.135 e. The predicted molar refractivity (Wildman–Crippen MR) is 35.8 cm³/mol. The SMILES string of the molecule is C#CC#C[P+](=O)OCC. The fourth-order valence-corrected chi connectivity index (χ4v) is 0.682. The van der Waals surface area contributed by atoms with Gasteiger partial charge in [-0.2, -0.15) is 0 Å². The Hall–Kier alpha value is -0.820. The van der Waals surface area contributed by atoms with Gasteiger partial charge in [-0.1, -0.05) is 0 Å². The minimum absolute atomic E-state index is 0.397. The molecule has 0 bridgehead atoms. The van der Waals surface area contributed by atoms with Crippen molar-refractivity contribution in [1.29, 1.82) is 0 Å². The Bertz CT molecular complexity index is 191. The van der Waals surface area contributed by atoms with E-state index in [9.17, 15) is 4.57 Å². The van der Waals surface area contributed by atoms with E-state index in [4.69, 9.17) is 6.42 Å². The molecule has 0 amide bonds. The van der Waals surface area contributed by atoms with Gasteiger partial charge in [0.2, 0.25) is 5.66 Å². The molecule has 0 saturated carbocycles. The predicted octanol–water partition coefficient (Wildman–Crippen LogP) is 1.36. The molecule has 1 unspecified atom stereocenters. The lowest BCUT2D eigenvalue weighted by atomic mass is 10.7. The van der Waals surface area contributed by atoms with Gasteiger partial charge in [0.1, 0.15) is 6.61 Å². The van der Waals surface area contributed by atoms with E-state index in [0.29, 0.717) is 6.61 Å². The molecule has 0 aliphatic carbocycles. The molecule has 0 saturated heterocycles. The van der Waals surface area contributed by atoms with E-state index in [2.05, 4.69) is 16.1 Å². The molecule has 9 heavy (non-hydrogen) atoms. The number of rotatable bonds is 2. The Morgan fingerprint density at radius 2 is 2.44 bits per heavy atom. The van der Waals surface area contributed by atoms with Crippen molar-refractivity contribution in [2.24, 2.45) is 0 Å². The highest BCUT2D eigenvalue weighted by atomic mass is 31.1. The third kappa shape index (κ3) is 5.04. The van der Waals surface area contributed by atoms with Crippen LogP contribution in [0.3, 0.4) is 0 Å². The molecule has 46 valence electrons. The molecule has 0 aliphatic rings. The minimum Gasteiger partial charge on any atom is -0.135 e. The maximum absolute atomic E-state index is 10.5. The Morgan fingerprint density at radius 3 is 2.89 bits per heavy atom. The van der Waals surface area contributed by atoms with Gasteiger partial charge < -0.3 is 0 Å². The summed E-state index contributed by atoms with van der Waals surface area (Å²) < 4.78 is 15.0. The normalized spacial score (nSPS) is 8.67. The second-order valence-corrected chi connectivity index (χ2v) is 2.05. The first kappa shape index (κ1) is 8.18. The van der Waals surface area contributed by atoms with Gasteiger partial charge in [0.25, 0.3) is 0 Å². The molecule has 0 aromatic heterocycles. The lowest BCUT2D eigenvalue weighted by molar-refractivity contribution is 0.358. The molecule has 0 spiro atoms. The van der Waals surface area contributed by atoms with Crippen LogP contribution in [0, 0.1) is 23.9 Å². The first-order chi connectivity index (χ1) is 4.31. The molecule has 3 heteroatoms. The highest BCUT2D eigenvalue weighted by molar-refractivity contribution is 7.45. The molecule has 0 aromatic rings. The van der Waals surface area contributed by atoms with Crippen LogP contribution in [0.5, 0.6) is 0 Å². The second-order valence-electron chi connectivity index (χ2n) is 1.06. The van der Waals surface area contributed by atoms with Gasteiger partial charge in [-0.25, -0.2) is 0 Å². The highest BCUT2D eigenvalue weighted by Crippen LogP contribution is 2.17. The molecule has 0 radical (unpaired) electrons. The van der Waals surface area contributed by atoms with Crippen LogP contribution in [0.1, 0.15) is 6.92 Å². The molecule has 0 aromatic carbocycles. The third-order valence-corrected chi connectivity index (χ3v) is 1.25. The van der Waals surface area contributed by atoms with Crippen molar-refractivity contribution in [2.45, 2.75) is 6.92 Å². The summed E-state index contributed by atoms with van der Waals surface area (Å²) in [6, 6.07) is 0. The summed E-state index contributed by atoms with van der Waals surface area (Å²) in [7, 11) is -1.84. The Balaban J connectivity index is 3.66. The number of hydrogen-bond acceptors (Lipinski definition) is 2. The average Bonchev–Trinajstić information content (AvgIpc) is 1.85. The zero-order chi connectivity index (χ0) is 7.11. The molecule has 0 rings (SSSR count). The van der Waals surface area contributed by atoms with E-state index in [-0.39, 0.29) is 0 Å². The lowest BCUT2D eigenvalue weighted by Crippen LogP contribution is -1.72. The second kappa shape index (κ2) is 5.32. The van der Waals surface area contributed by atoms with Gasteiger partial charge in [-0.3, -0.25) is 0 Å². The minimum atomic E-state index is -1.84. The number of hydrogen-bond donors (Lipinski definition) is 0. The van der Waals surface area contributed by atoms with Crippen molar-refractivity contribution in [3.05, 3.63) is 0 Å². The average molecular weight is 141 g/mol. The summed E-state index contributed by atoms with van der Waals surface area (Å²) in [5.74, 6) is 4.23. The van der Waals surface area contributed by atoms with Crippen LogP contribution in [0.25, 0.3) is 0 Å².